The highest BCUT2D eigenvalue weighted by Gasteiger charge is 2.21. The molecule has 1 aliphatic rings. The topological polar surface area (TPSA) is 66.6 Å². The summed E-state index contributed by atoms with van der Waals surface area (Å²) in [5.41, 5.74) is 5.73. The lowest BCUT2D eigenvalue weighted by molar-refractivity contribution is 0.0698. The maximum Gasteiger partial charge on any atom is 0.340 e. The molecule has 104 valence electrons. The molecule has 0 bridgehead atoms. The molecule has 1 saturated heterocycles. The summed E-state index contributed by atoms with van der Waals surface area (Å²) in [6.07, 6.45) is 5.57. The van der Waals surface area contributed by atoms with Crippen LogP contribution < -0.4 is 10.6 Å². The molecule has 5 heteroatoms. The molecule has 0 aliphatic carbocycles. The third kappa shape index (κ3) is 2.97. The van der Waals surface area contributed by atoms with Crippen molar-refractivity contribution in [2.75, 3.05) is 23.7 Å². The lowest BCUT2D eigenvalue weighted by Gasteiger charge is -2.28. The second-order valence-electron chi connectivity index (χ2n) is 4.92. The number of nitrogen functional groups attached to an aromatic ring is 1. The SMILES string of the molecule is Nc1c(F)ccc(N2CCCCCCC2)c1C(=O)O. The van der Waals surface area contributed by atoms with E-state index in [0.717, 1.165) is 38.8 Å². The molecule has 1 aromatic rings. The Morgan fingerprint density at radius 1 is 1.16 bits per heavy atom. The zero-order valence-electron chi connectivity index (χ0n) is 10.9. The number of benzene rings is 1. The molecule has 0 unspecified atom stereocenters. The van der Waals surface area contributed by atoms with E-state index < -0.39 is 11.8 Å². The van der Waals surface area contributed by atoms with Gasteiger partial charge in [-0.2, -0.15) is 0 Å². The van der Waals surface area contributed by atoms with E-state index in [0.29, 0.717) is 5.69 Å². The van der Waals surface area contributed by atoms with E-state index in [4.69, 9.17) is 5.73 Å². The highest BCUT2D eigenvalue weighted by molar-refractivity contribution is 6.00. The lowest BCUT2D eigenvalue weighted by Crippen LogP contribution is -2.29. The van der Waals surface area contributed by atoms with E-state index >= 15 is 0 Å². The van der Waals surface area contributed by atoms with Crippen molar-refractivity contribution in [3.05, 3.63) is 23.5 Å². The van der Waals surface area contributed by atoms with Crippen LogP contribution in [0.1, 0.15) is 42.5 Å². The average Bonchev–Trinajstić information content (AvgIpc) is 2.32. The van der Waals surface area contributed by atoms with Crippen molar-refractivity contribution < 1.29 is 14.3 Å². The molecule has 0 aromatic heterocycles. The quantitative estimate of drug-likeness (QED) is 0.808. The number of rotatable bonds is 2. The van der Waals surface area contributed by atoms with Gasteiger partial charge in [0.25, 0.3) is 0 Å². The van der Waals surface area contributed by atoms with Crippen LogP contribution in [0.2, 0.25) is 0 Å². The molecule has 0 saturated carbocycles. The minimum atomic E-state index is -1.17. The normalized spacial score (nSPS) is 16.8. The molecule has 1 aliphatic heterocycles. The van der Waals surface area contributed by atoms with Crippen molar-refractivity contribution in [2.24, 2.45) is 0 Å². The van der Waals surface area contributed by atoms with Crippen molar-refractivity contribution in [3.63, 3.8) is 0 Å². The smallest absolute Gasteiger partial charge is 0.340 e. The highest BCUT2D eigenvalue weighted by Crippen LogP contribution is 2.29. The summed E-state index contributed by atoms with van der Waals surface area (Å²) >= 11 is 0. The predicted octanol–water partition coefficient (Wildman–Crippen LogP) is 2.88. The number of aromatic carboxylic acids is 1. The number of carbonyl (C=O) groups is 1. The average molecular weight is 266 g/mol. The first-order valence-electron chi connectivity index (χ1n) is 6.67. The molecule has 1 aromatic carbocycles. The first kappa shape index (κ1) is 13.6. The Kier molecular flexibility index (Phi) is 4.24. The maximum absolute atomic E-state index is 13.4. The molecule has 0 radical (unpaired) electrons. The van der Waals surface area contributed by atoms with Gasteiger partial charge in [0.2, 0.25) is 0 Å². The zero-order valence-corrected chi connectivity index (χ0v) is 10.9. The monoisotopic (exact) mass is 266 g/mol. The van der Waals surface area contributed by atoms with E-state index in [9.17, 15) is 14.3 Å². The van der Waals surface area contributed by atoms with E-state index in [1.165, 1.54) is 18.6 Å². The van der Waals surface area contributed by atoms with Crippen molar-refractivity contribution in [3.8, 4) is 0 Å². The molecule has 3 N–H and O–H groups in total. The number of hydrogen-bond acceptors (Lipinski definition) is 3. The molecule has 19 heavy (non-hydrogen) atoms. The van der Waals surface area contributed by atoms with Crippen LogP contribution in [0.5, 0.6) is 0 Å². The second-order valence-corrected chi connectivity index (χ2v) is 4.92. The molecule has 0 spiro atoms. The standard InChI is InChI=1S/C14H19FN2O2/c15-10-6-7-11(12(13(10)16)14(18)19)17-8-4-2-1-3-5-9-17/h6-7H,1-5,8-9,16H2,(H,18,19). The van der Waals surface area contributed by atoms with Gasteiger partial charge in [-0.1, -0.05) is 19.3 Å². The number of nitrogens with zero attached hydrogens (tertiary/aromatic N) is 1. The zero-order chi connectivity index (χ0) is 13.8. The Morgan fingerprint density at radius 3 is 2.32 bits per heavy atom. The fraction of sp³-hybridized carbons (Fsp3) is 0.500. The van der Waals surface area contributed by atoms with Gasteiger partial charge in [0.15, 0.2) is 0 Å². The van der Waals surface area contributed by atoms with Crippen molar-refractivity contribution >= 4 is 17.3 Å². The van der Waals surface area contributed by atoms with Crippen LogP contribution in [0.15, 0.2) is 12.1 Å². The number of anilines is 2. The molecule has 0 atom stereocenters. The van der Waals surface area contributed by atoms with E-state index in [-0.39, 0.29) is 11.3 Å². The highest BCUT2D eigenvalue weighted by atomic mass is 19.1. The molecule has 4 nitrogen and oxygen atoms in total. The Morgan fingerprint density at radius 2 is 1.74 bits per heavy atom. The van der Waals surface area contributed by atoms with Gasteiger partial charge >= 0.3 is 5.97 Å². The fourth-order valence-corrected chi connectivity index (χ4v) is 2.56. The van der Waals surface area contributed by atoms with E-state index in [1.807, 2.05) is 4.90 Å². The Labute approximate surface area is 112 Å². The number of halogens is 1. The van der Waals surface area contributed by atoms with Gasteiger partial charge in [0.05, 0.1) is 11.4 Å². The van der Waals surface area contributed by atoms with Crippen molar-refractivity contribution in [1.29, 1.82) is 0 Å². The maximum atomic E-state index is 13.4. The van der Waals surface area contributed by atoms with E-state index in [2.05, 4.69) is 0 Å². The third-order valence-corrected chi connectivity index (χ3v) is 3.58. The van der Waals surface area contributed by atoms with Crippen LogP contribution >= 0.6 is 0 Å². The van der Waals surface area contributed by atoms with E-state index in [1.54, 1.807) is 0 Å². The summed E-state index contributed by atoms with van der Waals surface area (Å²) in [7, 11) is 0. The summed E-state index contributed by atoms with van der Waals surface area (Å²) in [4.78, 5) is 13.3. The predicted molar refractivity (Wildman–Crippen MR) is 73.1 cm³/mol. The van der Waals surface area contributed by atoms with Crippen LogP contribution in [0.3, 0.4) is 0 Å². The first-order valence-corrected chi connectivity index (χ1v) is 6.67. The Bertz CT molecular complexity index is 469. The van der Waals surface area contributed by atoms with Crippen LogP contribution in [-0.4, -0.2) is 24.2 Å². The molecule has 0 amide bonds. The van der Waals surface area contributed by atoms with Gasteiger partial charge in [0.1, 0.15) is 11.4 Å². The van der Waals surface area contributed by atoms with Gasteiger partial charge in [-0.3, -0.25) is 0 Å². The molecular formula is C14H19FN2O2. The van der Waals surface area contributed by atoms with Gasteiger partial charge in [-0.15, -0.1) is 0 Å². The van der Waals surface area contributed by atoms with Crippen molar-refractivity contribution in [2.45, 2.75) is 32.1 Å². The minimum Gasteiger partial charge on any atom is -0.478 e. The molecular weight excluding hydrogens is 247 g/mol. The number of nitrogens with two attached hydrogens (primary N) is 1. The van der Waals surface area contributed by atoms with Gasteiger partial charge < -0.3 is 15.7 Å². The Balaban J connectivity index is 2.36. The first-order chi connectivity index (χ1) is 9.11. The fourth-order valence-electron chi connectivity index (χ4n) is 2.56. The number of carboxylic acid groups (broad SMARTS) is 1. The number of hydrogen-bond donors (Lipinski definition) is 2. The third-order valence-electron chi connectivity index (χ3n) is 3.58. The summed E-state index contributed by atoms with van der Waals surface area (Å²) in [5.74, 6) is -1.85. The van der Waals surface area contributed by atoms with Crippen molar-refractivity contribution in [1.82, 2.24) is 0 Å². The van der Waals surface area contributed by atoms with Gasteiger partial charge in [0, 0.05) is 13.1 Å². The van der Waals surface area contributed by atoms with Gasteiger partial charge in [-0.05, 0) is 25.0 Å². The van der Waals surface area contributed by atoms with Crippen LogP contribution in [-0.2, 0) is 0 Å². The molecule has 1 fully saturated rings. The van der Waals surface area contributed by atoms with Crippen LogP contribution in [0, 0.1) is 5.82 Å². The second kappa shape index (κ2) is 5.91. The largest absolute Gasteiger partial charge is 0.478 e. The van der Waals surface area contributed by atoms with Crippen LogP contribution in [0.4, 0.5) is 15.8 Å². The molecule has 2 rings (SSSR count). The number of carboxylic acids is 1. The van der Waals surface area contributed by atoms with Crippen LogP contribution in [0.25, 0.3) is 0 Å². The summed E-state index contributed by atoms with van der Waals surface area (Å²) in [6.45, 7) is 1.59. The Hall–Kier alpha value is -1.78. The summed E-state index contributed by atoms with van der Waals surface area (Å²) in [6, 6.07) is 2.77. The molecule has 1 heterocycles. The minimum absolute atomic E-state index is 0.111. The summed E-state index contributed by atoms with van der Waals surface area (Å²) in [5, 5.41) is 9.25. The van der Waals surface area contributed by atoms with Gasteiger partial charge in [-0.25, -0.2) is 9.18 Å². The lowest BCUT2D eigenvalue weighted by atomic mass is 10.0. The summed E-state index contributed by atoms with van der Waals surface area (Å²) < 4.78 is 13.4.